The Kier molecular flexibility index (Phi) is 3.03. The molecule has 2 heterocycles. The number of hydrogen-bond donors (Lipinski definition) is 1. The van der Waals surface area contributed by atoms with Gasteiger partial charge in [0.1, 0.15) is 0 Å². The number of imidazole rings is 1. The topological polar surface area (TPSA) is 79.0 Å². The second kappa shape index (κ2) is 4.32. The third-order valence-corrected chi connectivity index (χ3v) is 4.39. The molecule has 2 rings (SSSR count). The molecule has 0 saturated carbocycles. The van der Waals surface area contributed by atoms with Crippen LogP contribution in [-0.2, 0) is 16.6 Å². The molecule has 1 N–H and O–H groups in total. The van der Waals surface area contributed by atoms with Crippen LogP contribution in [0.25, 0.3) is 0 Å². The van der Waals surface area contributed by atoms with E-state index in [-0.39, 0.29) is 11.6 Å². The van der Waals surface area contributed by atoms with Gasteiger partial charge in [0.25, 0.3) is 10.0 Å². The van der Waals surface area contributed by atoms with Gasteiger partial charge < -0.3 is 4.98 Å². The zero-order chi connectivity index (χ0) is 11.6. The molecule has 0 saturated heterocycles. The number of sulfonamides is 1. The van der Waals surface area contributed by atoms with Crippen LogP contribution in [0.1, 0.15) is 5.69 Å². The van der Waals surface area contributed by atoms with Crippen LogP contribution in [0, 0.1) is 0 Å². The molecule has 0 amide bonds. The fraction of sp³-hybridized carbons (Fsp3) is 0.250. The first-order chi connectivity index (χ1) is 7.60. The summed E-state index contributed by atoms with van der Waals surface area (Å²) in [5.41, 5.74) is 2.40. The maximum absolute atomic E-state index is 11.9. The molecule has 0 aromatic carbocycles. The van der Waals surface area contributed by atoms with Gasteiger partial charge in [-0.05, 0) is 0 Å². The summed E-state index contributed by atoms with van der Waals surface area (Å²) in [7, 11) is -1.98. The van der Waals surface area contributed by atoms with E-state index in [1.165, 1.54) is 35.2 Å². The number of nitrogens with one attached hydrogen (secondary N) is 1. The van der Waals surface area contributed by atoms with Crippen molar-refractivity contribution in [1.82, 2.24) is 19.3 Å². The summed E-state index contributed by atoms with van der Waals surface area (Å²) in [6.07, 6.45) is 2.62. The minimum atomic E-state index is -3.49. The molecular weight excluding hydrogens is 248 g/mol. The summed E-state index contributed by atoms with van der Waals surface area (Å²) >= 11 is 1.44. The Hall–Kier alpha value is -1.25. The standard InChI is InChI=1S/C8H10N4O2S2/c1-12(3-7-4-15-6-11-7)16(13,14)8-2-9-5-10-8/h2,4-6H,3H2,1H3,(H,9,10). The number of nitrogens with zero attached hydrogens (tertiary/aromatic N) is 3. The Balaban J connectivity index is 2.19. The van der Waals surface area contributed by atoms with Gasteiger partial charge in [0.05, 0.1) is 30.3 Å². The van der Waals surface area contributed by atoms with Gasteiger partial charge in [0, 0.05) is 12.4 Å². The fourth-order valence-electron chi connectivity index (χ4n) is 1.18. The van der Waals surface area contributed by atoms with Crippen LogP contribution in [0.4, 0.5) is 0 Å². The zero-order valence-corrected chi connectivity index (χ0v) is 10.1. The molecule has 8 heteroatoms. The maximum Gasteiger partial charge on any atom is 0.260 e. The molecule has 16 heavy (non-hydrogen) atoms. The smallest absolute Gasteiger partial charge is 0.260 e. The molecule has 86 valence electrons. The van der Waals surface area contributed by atoms with Gasteiger partial charge in [-0.25, -0.2) is 18.4 Å². The molecule has 0 unspecified atom stereocenters. The maximum atomic E-state index is 11.9. The zero-order valence-electron chi connectivity index (χ0n) is 8.49. The van der Waals surface area contributed by atoms with E-state index < -0.39 is 10.0 Å². The summed E-state index contributed by atoms with van der Waals surface area (Å²) in [6.45, 7) is 0.255. The minimum Gasteiger partial charge on any atom is -0.335 e. The molecule has 2 aromatic rings. The van der Waals surface area contributed by atoms with Crippen LogP contribution < -0.4 is 0 Å². The van der Waals surface area contributed by atoms with Crippen LogP contribution in [0.15, 0.2) is 28.4 Å². The molecule has 0 aliphatic rings. The lowest BCUT2D eigenvalue weighted by Gasteiger charge is -2.14. The van der Waals surface area contributed by atoms with Crippen molar-refractivity contribution in [3.05, 3.63) is 29.1 Å². The van der Waals surface area contributed by atoms with Gasteiger partial charge in [-0.1, -0.05) is 0 Å². The van der Waals surface area contributed by atoms with Gasteiger partial charge in [0.15, 0.2) is 5.03 Å². The van der Waals surface area contributed by atoms with Crippen molar-refractivity contribution in [3.8, 4) is 0 Å². The molecule has 0 spiro atoms. The predicted octanol–water partition coefficient (Wildman–Crippen LogP) is 0.687. The van der Waals surface area contributed by atoms with Crippen molar-refractivity contribution in [1.29, 1.82) is 0 Å². The summed E-state index contributed by atoms with van der Waals surface area (Å²) in [4.78, 5) is 10.3. The molecule has 0 fully saturated rings. The van der Waals surface area contributed by atoms with E-state index in [0.717, 1.165) is 5.69 Å². The van der Waals surface area contributed by atoms with Gasteiger partial charge in [-0.2, -0.15) is 4.31 Å². The van der Waals surface area contributed by atoms with Crippen molar-refractivity contribution >= 4 is 21.4 Å². The van der Waals surface area contributed by atoms with Gasteiger partial charge >= 0.3 is 0 Å². The van der Waals surface area contributed by atoms with Gasteiger partial charge in [0.2, 0.25) is 0 Å². The lowest BCUT2D eigenvalue weighted by atomic mass is 10.5. The number of aromatic nitrogens is 3. The average molecular weight is 258 g/mol. The van der Waals surface area contributed by atoms with Crippen LogP contribution in [0.2, 0.25) is 0 Å². The van der Waals surface area contributed by atoms with E-state index >= 15 is 0 Å². The molecule has 0 bridgehead atoms. The minimum absolute atomic E-state index is 0.0882. The quantitative estimate of drug-likeness (QED) is 0.875. The van der Waals surface area contributed by atoms with Crippen molar-refractivity contribution < 1.29 is 8.42 Å². The largest absolute Gasteiger partial charge is 0.335 e. The van der Waals surface area contributed by atoms with E-state index in [9.17, 15) is 8.42 Å². The summed E-state index contributed by atoms with van der Waals surface area (Å²) in [6, 6.07) is 0. The van der Waals surface area contributed by atoms with Crippen LogP contribution in [-0.4, -0.2) is 34.7 Å². The third-order valence-electron chi connectivity index (χ3n) is 2.03. The molecule has 0 aliphatic carbocycles. The van der Waals surface area contributed by atoms with E-state index in [4.69, 9.17) is 0 Å². The molecule has 0 aliphatic heterocycles. The highest BCUT2D eigenvalue weighted by Gasteiger charge is 2.22. The number of H-pyrrole nitrogens is 1. The van der Waals surface area contributed by atoms with Crippen LogP contribution in [0.3, 0.4) is 0 Å². The molecule has 0 radical (unpaired) electrons. The van der Waals surface area contributed by atoms with Crippen molar-refractivity contribution in [3.63, 3.8) is 0 Å². The Labute approximate surface area is 97.0 Å². The van der Waals surface area contributed by atoms with Crippen LogP contribution in [0.5, 0.6) is 0 Å². The lowest BCUT2D eigenvalue weighted by molar-refractivity contribution is 0.460. The normalized spacial score (nSPS) is 12.1. The van der Waals surface area contributed by atoms with Gasteiger partial charge in [-0.15, -0.1) is 11.3 Å². The number of rotatable bonds is 4. The first kappa shape index (κ1) is 11.2. The van der Waals surface area contributed by atoms with Crippen molar-refractivity contribution in [2.45, 2.75) is 11.6 Å². The highest BCUT2D eigenvalue weighted by Crippen LogP contribution is 2.13. The second-order valence-corrected chi connectivity index (χ2v) is 5.89. The predicted molar refractivity (Wildman–Crippen MR) is 59.4 cm³/mol. The van der Waals surface area contributed by atoms with E-state index in [1.54, 1.807) is 5.51 Å². The monoisotopic (exact) mass is 258 g/mol. The van der Waals surface area contributed by atoms with Gasteiger partial charge in [-0.3, -0.25) is 0 Å². The summed E-state index contributed by atoms with van der Waals surface area (Å²) in [5, 5.41) is 1.91. The number of aromatic amines is 1. The Morgan fingerprint density at radius 1 is 1.56 bits per heavy atom. The first-order valence-electron chi connectivity index (χ1n) is 4.42. The molecule has 0 atom stereocenters. The molecule has 2 aromatic heterocycles. The van der Waals surface area contributed by atoms with E-state index in [1.807, 2.05) is 5.38 Å². The second-order valence-electron chi connectivity index (χ2n) is 3.16. The van der Waals surface area contributed by atoms with Crippen molar-refractivity contribution in [2.75, 3.05) is 7.05 Å². The Bertz CT molecular complexity index is 533. The lowest BCUT2D eigenvalue weighted by Crippen LogP contribution is -2.26. The van der Waals surface area contributed by atoms with Crippen LogP contribution >= 0.6 is 11.3 Å². The summed E-state index contributed by atoms with van der Waals surface area (Å²) < 4.78 is 25.1. The first-order valence-corrected chi connectivity index (χ1v) is 6.81. The van der Waals surface area contributed by atoms with E-state index in [2.05, 4.69) is 15.0 Å². The number of hydrogen-bond acceptors (Lipinski definition) is 5. The third kappa shape index (κ3) is 2.13. The summed E-state index contributed by atoms with van der Waals surface area (Å²) in [5.74, 6) is 0. The highest BCUT2D eigenvalue weighted by atomic mass is 32.2. The Morgan fingerprint density at radius 2 is 2.38 bits per heavy atom. The van der Waals surface area contributed by atoms with Crippen molar-refractivity contribution in [2.24, 2.45) is 0 Å². The number of thiazole rings is 1. The van der Waals surface area contributed by atoms with E-state index in [0.29, 0.717) is 0 Å². The highest BCUT2D eigenvalue weighted by molar-refractivity contribution is 7.89. The molecular formula is C8H10N4O2S2. The Morgan fingerprint density at radius 3 is 2.94 bits per heavy atom. The molecule has 6 nitrogen and oxygen atoms in total. The fourth-order valence-corrected chi connectivity index (χ4v) is 2.76. The average Bonchev–Trinajstić information content (AvgIpc) is 2.89. The SMILES string of the molecule is CN(Cc1cscn1)S(=O)(=O)c1cnc[nH]1.